The van der Waals surface area contributed by atoms with Crippen molar-refractivity contribution in [3.63, 3.8) is 0 Å². The van der Waals surface area contributed by atoms with Gasteiger partial charge in [0.25, 0.3) is 0 Å². The summed E-state index contributed by atoms with van der Waals surface area (Å²) < 4.78 is 0. The van der Waals surface area contributed by atoms with Crippen LogP contribution in [0.2, 0.25) is 0 Å². The van der Waals surface area contributed by atoms with Gasteiger partial charge in [-0.2, -0.15) is 0 Å². The molecule has 0 saturated carbocycles. The number of benzene rings is 1. The number of phenolic OH excluding ortho intramolecular Hbond substituents is 1. The zero-order valence-electron chi connectivity index (χ0n) is 16.6. The van der Waals surface area contributed by atoms with Crippen LogP contribution >= 0.6 is 0 Å². The van der Waals surface area contributed by atoms with Crippen molar-refractivity contribution in [1.82, 2.24) is 5.32 Å². The molecule has 1 aromatic carbocycles. The molecule has 0 aliphatic carbocycles. The molecule has 0 spiro atoms. The number of rotatable bonds is 9. The van der Waals surface area contributed by atoms with Gasteiger partial charge in [0.05, 0.1) is 6.04 Å². The second-order valence-electron chi connectivity index (χ2n) is 8.09. The quantitative estimate of drug-likeness (QED) is 0.711. The van der Waals surface area contributed by atoms with E-state index < -0.39 is 11.0 Å². The van der Waals surface area contributed by atoms with E-state index in [1.54, 1.807) is 19.1 Å². The van der Waals surface area contributed by atoms with E-state index in [9.17, 15) is 14.7 Å². The van der Waals surface area contributed by atoms with Gasteiger partial charge in [0.2, 0.25) is 0 Å². The van der Waals surface area contributed by atoms with E-state index in [0.29, 0.717) is 6.42 Å². The molecule has 0 saturated heterocycles. The Hall–Kier alpha value is -1.68. The highest BCUT2D eigenvalue weighted by Gasteiger charge is 2.43. The maximum Gasteiger partial charge on any atom is 0.152 e. The van der Waals surface area contributed by atoms with Crippen molar-refractivity contribution in [3.05, 3.63) is 29.8 Å². The Morgan fingerprint density at radius 3 is 2.08 bits per heavy atom. The van der Waals surface area contributed by atoms with Crippen molar-refractivity contribution < 1.29 is 14.7 Å². The second-order valence-corrected chi connectivity index (χ2v) is 8.09. The smallest absolute Gasteiger partial charge is 0.152 e. The number of carbonyl (C=O) groups excluding carboxylic acids is 2. The van der Waals surface area contributed by atoms with Gasteiger partial charge in [0, 0.05) is 16.9 Å². The van der Waals surface area contributed by atoms with Gasteiger partial charge < -0.3 is 10.4 Å². The zero-order chi connectivity index (χ0) is 19.4. The van der Waals surface area contributed by atoms with Gasteiger partial charge in [-0.25, -0.2) is 0 Å². The highest BCUT2D eigenvalue weighted by atomic mass is 16.3. The number of nitrogens with one attached hydrogen (secondary N) is 1. The lowest BCUT2D eigenvalue weighted by Crippen LogP contribution is -2.60. The third-order valence-electron chi connectivity index (χ3n) is 5.80. The van der Waals surface area contributed by atoms with Crippen LogP contribution < -0.4 is 5.32 Å². The number of hydrogen-bond donors (Lipinski definition) is 2. The maximum atomic E-state index is 12.9. The van der Waals surface area contributed by atoms with Crippen molar-refractivity contribution in [1.29, 1.82) is 0 Å². The molecule has 4 heteroatoms. The lowest BCUT2D eigenvalue weighted by Gasteiger charge is -2.43. The first kappa shape index (κ1) is 21.4. The highest BCUT2D eigenvalue weighted by Crippen LogP contribution is 2.32. The van der Waals surface area contributed by atoms with E-state index in [0.717, 1.165) is 12.0 Å². The van der Waals surface area contributed by atoms with Crippen molar-refractivity contribution in [2.75, 3.05) is 0 Å². The summed E-state index contributed by atoms with van der Waals surface area (Å²) in [6.45, 7) is 13.3. The summed E-state index contributed by atoms with van der Waals surface area (Å²) >= 11 is 0. The molecule has 25 heavy (non-hydrogen) atoms. The minimum Gasteiger partial charge on any atom is -0.508 e. The minimum absolute atomic E-state index is 0.0501. The summed E-state index contributed by atoms with van der Waals surface area (Å²) in [5, 5.41) is 12.9. The van der Waals surface area contributed by atoms with Crippen LogP contribution in [-0.4, -0.2) is 28.3 Å². The number of carbonyl (C=O) groups is 2. The Bertz CT molecular complexity index is 602. The molecular formula is C21H33NO3. The third kappa shape index (κ3) is 5.15. The van der Waals surface area contributed by atoms with Gasteiger partial charge in [-0.1, -0.05) is 39.8 Å². The maximum absolute atomic E-state index is 12.9. The fraction of sp³-hybridized carbons (Fsp3) is 0.619. The van der Waals surface area contributed by atoms with Gasteiger partial charge in [0.1, 0.15) is 11.5 Å². The lowest BCUT2D eigenvalue weighted by molar-refractivity contribution is -0.131. The van der Waals surface area contributed by atoms with Crippen LogP contribution in [-0.2, 0) is 16.0 Å². The molecule has 1 aromatic rings. The van der Waals surface area contributed by atoms with E-state index in [4.69, 9.17) is 0 Å². The summed E-state index contributed by atoms with van der Waals surface area (Å²) in [6, 6.07) is 6.54. The summed E-state index contributed by atoms with van der Waals surface area (Å²) in [5.41, 5.74) is -0.164. The molecule has 4 nitrogen and oxygen atoms in total. The molecular weight excluding hydrogens is 314 g/mol. The van der Waals surface area contributed by atoms with Crippen LogP contribution in [0, 0.1) is 11.3 Å². The average molecular weight is 347 g/mol. The first-order valence-electron chi connectivity index (χ1n) is 9.02. The second kappa shape index (κ2) is 8.13. The predicted octanol–water partition coefficient (Wildman–Crippen LogP) is 3.90. The summed E-state index contributed by atoms with van der Waals surface area (Å²) in [4.78, 5) is 25.0. The molecule has 1 rings (SSSR count). The fourth-order valence-corrected chi connectivity index (χ4v) is 2.69. The predicted molar refractivity (Wildman–Crippen MR) is 102 cm³/mol. The van der Waals surface area contributed by atoms with Gasteiger partial charge >= 0.3 is 0 Å². The molecule has 0 amide bonds. The lowest BCUT2D eigenvalue weighted by atomic mass is 9.71. The zero-order valence-corrected chi connectivity index (χ0v) is 16.6. The van der Waals surface area contributed by atoms with Crippen LogP contribution in [0.1, 0.15) is 60.5 Å². The molecule has 2 N–H and O–H groups in total. The standard InChI is InChI=1S/C21H33NO3/c1-8-14(2)19(25)18(13-16-9-11-17(24)12-10-16)22-21(6,7)20(4,5)15(3)23/h9-12,14,18,22,24H,8,13H2,1-7H3/t14?,18-/m0/s1. The largest absolute Gasteiger partial charge is 0.508 e. The normalized spacial score (nSPS) is 14.8. The fourth-order valence-electron chi connectivity index (χ4n) is 2.69. The molecule has 0 heterocycles. The Balaban J connectivity index is 3.12. The summed E-state index contributed by atoms with van der Waals surface area (Å²) in [7, 11) is 0. The van der Waals surface area contributed by atoms with Crippen molar-refractivity contribution in [2.24, 2.45) is 11.3 Å². The molecule has 0 aliphatic rings. The van der Waals surface area contributed by atoms with Gasteiger partial charge in [-0.05, 0) is 51.3 Å². The minimum atomic E-state index is -0.601. The van der Waals surface area contributed by atoms with E-state index in [2.05, 4.69) is 5.32 Å². The molecule has 2 atom stereocenters. The molecule has 140 valence electrons. The SMILES string of the molecule is CCC(C)C(=O)[C@H](Cc1ccc(O)cc1)NC(C)(C)C(C)(C)C(C)=O. The number of ketones is 2. The van der Waals surface area contributed by atoms with Crippen molar-refractivity contribution in [2.45, 2.75) is 72.9 Å². The van der Waals surface area contributed by atoms with E-state index in [1.165, 1.54) is 0 Å². The molecule has 0 fully saturated rings. The molecule has 0 aliphatic heterocycles. The molecule has 0 aromatic heterocycles. The first-order chi connectivity index (χ1) is 11.4. The number of aromatic hydroxyl groups is 1. The van der Waals surface area contributed by atoms with Crippen LogP contribution in [0.5, 0.6) is 5.75 Å². The number of Topliss-reactive ketones (excluding diaryl/α,β-unsaturated/α-hetero) is 2. The third-order valence-corrected chi connectivity index (χ3v) is 5.80. The van der Waals surface area contributed by atoms with E-state index in [-0.39, 0.29) is 29.3 Å². The number of hydrogen-bond acceptors (Lipinski definition) is 4. The molecule has 1 unspecified atom stereocenters. The van der Waals surface area contributed by atoms with Crippen molar-refractivity contribution >= 4 is 11.6 Å². The Labute approximate surface area is 152 Å². The summed E-state index contributed by atoms with van der Waals surface area (Å²) in [6.07, 6.45) is 1.31. The monoisotopic (exact) mass is 347 g/mol. The van der Waals surface area contributed by atoms with Gasteiger partial charge in [0.15, 0.2) is 5.78 Å². The Morgan fingerprint density at radius 2 is 1.64 bits per heavy atom. The average Bonchev–Trinajstić information content (AvgIpc) is 2.54. The topological polar surface area (TPSA) is 66.4 Å². The number of phenols is 1. The van der Waals surface area contributed by atoms with Crippen LogP contribution in [0.4, 0.5) is 0 Å². The first-order valence-corrected chi connectivity index (χ1v) is 9.02. The highest BCUT2D eigenvalue weighted by molar-refractivity contribution is 5.87. The van der Waals surface area contributed by atoms with Gasteiger partial charge in [-0.15, -0.1) is 0 Å². The van der Waals surface area contributed by atoms with Crippen LogP contribution in [0.25, 0.3) is 0 Å². The van der Waals surface area contributed by atoms with Gasteiger partial charge in [-0.3, -0.25) is 9.59 Å². The van der Waals surface area contributed by atoms with Crippen LogP contribution in [0.15, 0.2) is 24.3 Å². The van der Waals surface area contributed by atoms with Crippen LogP contribution in [0.3, 0.4) is 0 Å². The Kier molecular flexibility index (Phi) is 6.95. The molecule has 0 radical (unpaired) electrons. The van der Waals surface area contributed by atoms with Crippen molar-refractivity contribution in [3.8, 4) is 5.75 Å². The summed E-state index contributed by atoms with van der Waals surface area (Å²) in [5.74, 6) is 0.401. The van der Waals surface area contributed by atoms with E-state index in [1.807, 2.05) is 53.7 Å². The van der Waals surface area contributed by atoms with E-state index >= 15 is 0 Å². The molecule has 0 bridgehead atoms. The Morgan fingerprint density at radius 1 is 1.12 bits per heavy atom.